The average Bonchev–Trinajstić information content (AvgIpc) is 2.75. The molecule has 1 aromatic heterocycles. The second-order valence-electron chi connectivity index (χ2n) is 2.92. The van der Waals surface area contributed by atoms with E-state index in [-0.39, 0.29) is 29.8 Å². The summed E-state index contributed by atoms with van der Waals surface area (Å²) in [6.45, 7) is 0. The Balaban J connectivity index is 2.67. The van der Waals surface area contributed by atoms with Crippen molar-refractivity contribution < 1.29 is 9.90 Å². The van der Waals surface area contributed by atoms with Crippen LogP contribution in [0, 0.1) is 0 Å². The lowest BCUT2D eigenvalue weighted by atomic mass is 10.2. The molecule has 0 atom stereocenters. The minimum Gasteiger partial charge on any atom is -0.454 e. The molecule has 1 nitrogen and oxygen atoms in total. The molecule has 68 valence electrons. The summed E-state index contributed by atoms with van der Waals surface area (Å²) >= 11 is 6.00. The summed E-state index contributed by atoms with van der Waals surface area (Å²) in [7, 11) is 0. The van der Waals surface area contributed by atoms with Crippen LogP contribution in [0.2, 0.25) is 5.02 Å². The van der Waals surface area contributed by atoms with Crippen molar-refractivity contribution in [3.63, 3.8) is 0 Å². The maximum absolute atomic E-state index is 7.90. The Kier molecular flexibility index (Phi) is 0.956. The number of furan rings is 1. The fourth-order valence-corrected chi connectivity index (χ4v) is 1.69. The number of para-hydroxylation sites is 2. The Labute approximate surface area is 91.5 Å². The van der Waals surface area contributed by atoms with E-state index in [1.165, 1.54) is 0 Å². The molecule has 1 heterocycles. The molecular weight excluding hydrogens is 196 g/mol. The first-order valence-corrected chi connectivity index (χ1v) is 4.47. The Morgan fingerprint density at radius 2 is 2.00 bits per heavy atom. The van der Waals surface area contributed by atoms with Gasteiger partial charge in [-0.1, -0.05) is 41.9 Å². The summed E-state index contributed by atoms with van der Waals surface area (Å²) in [4.78, 5) is 0. The quantitative estimate of drug-likeness (QED) is 0.536. The van der Waals surface area contributed by atoms with Crippen molar-refractivity contribution in [1.82, 2.24) is 0 Å². The molecule has 0 N–H and O–H groups in total. The Morgan fingerprint density at radius 3 is 2.93 bits per heavy atom. The SMILES string of the molecule is [2H]c1c([2H])c([2H])c2c(oc3c(Cl)cccc32)c1[2H]. The van der Waals surface area contributed by atoms with Gasteiger partial charge in [-0.15, -0.1) is 0 Å². The molecule has 0 aliphatic heterocycles. The molecule has 2 heteroatoms. The predicted molar refractivity (Wildman–Crippen MR) is 58.7 cm³/mol. The molecule has 0 aliphatic rings. The minimum absolute atomic E-state index is 0.105. The molecular formula is C12H7ClO. The van der Waals surface area contributed by atoms with E-state index in [0.29, 0.717) is 21.4 Å². The molecule has 0 spiro atoms. The maximum atomic E-state index is 7.90. The molecule has 0 fully saturated rings. The van der Waals surface area contributed by atoms with E-state index in [2.05, 4.69) is 0 Å². The van der Waals surface area contributed by atoms with Gasteiger partial charge in [0.25, 0.3) is 0 Å². The Hall–Kier alpha value is -1.47. The maximum Gasteiger partial charge on any atom is 0.153 e. The van der Waals surface area contributed by atoms with E-state index in [9.17, 15) is 0 Å². The molecule has 0 amide bonds. The van der Waals surface area contributed by atoms with Crippen LogP contribution in [0.1, 0.15) is 5.48 Å². The van der Waals surface area contributed by atoms with E-state index in [1.807, 2.05) is 0 Å². The third-order valence-electron chi connectivity index (χ3n) is 2.09. The fraction of sp³-hybridized carbons (Fsp3) is 0. The van der Waals surface area contributed by atoms with Gasteiger partial charge in [-0.3, -0.25) is 0 Å². The summed E-state index contributed by atoms with van der Waals surface area (Å²) in [6.07, 6.45) is 0. The van der Waals surface area contributed by atoms with Crippen LogP contribution in [0.5, 0.6) is 0 Å². The van der Waals surface area contributed by atoms with Gasteiger partial charge in [0.1, 0.15) is 5.58 Å². The molecule has 2 aromatic carbocycles. The first-order valence-electron chi connectivity index (χ1n) is 6.09. The molecule has 0 radical (unpaired) electrons. The van der Waals surface area contributed by atoms with Crippen LogP contribution in [0.3, 0.4) is 0 Å². The lowest BCUT2D eigenvalue weighted by Crippen LogP contribution is -1.65. The third kappa shape index (κ3) is 0.962. The lowest BCUT2D eigenvalue weighted by molar-refractivity contribution is 0.669. The van der Waals surface area contributed by atoms with Gasteiger partial charge in [0.2, 0.25) is 0 Å². The summed E-state index contributed by atoms with van der Waals surface area (Å²) < 4.78 is 36.5. The predicted octanol–water partition coefficient (Wildman–Crippen LogP) is 4.24. The zero-order valence-electron chi connectivity index (χ0n) is 11.0. The van der Waals surface area contributed by atoms with Gasteiger partial charge in [-0.05, 0) is 12.1 Å². The highest BCUT2D eigenvalue weighted by Crippen LogP contribution is 2.32. The van der Waals surface area contributed by atoms with Gasteiger partial charge >= 0.3 is 0 Å². The second-order valence-corrected chi connectivity index (χ2v) is 3.33. The van der Waals surface area contributed by atoms with Gasteiger partial charge < -0.3 is 4.42 Å². The number of benzene rings is 2. The number of rotatable bonds is 0. The van der Waals surface area contributed by atoms with Crippen molar-refractivity contribution in [2.75, 3.05) is 0 Å². The largest absolute Gasteiger partial charge is 0.454 e. The van der Waals surface area contributed by atoms with Gasteiger partial charge in [0, 0.05) is 10.8 Å². The zero-order chi connectivity index (χ0) is 13.0. The van der Waals surface area contributed by atoms with Crippen LogP contribution in [-0.4, -0.2) is 0 Å². The summed E-state index contributed by atoms with van der Waals surface area (Å²) in [5.41, 5.74) is 0.533. The smallest absolute Gasteiger partial charge is 0.153 e. The van der Waals surface area contributed by atoms with Gasteiger partial charge in [0.15, 0.2) is 5.58 Å². The van der Waals surface area contributed by atoms with Crippen LogP contribution in [0.25, 0.3) is 21.9 Å². The third-order valence-corrected chi connectivity index (χ3v) is 2.39. The van der Waals surface area contributed by atoms with E-state index in [1.54, 1.807) is 18.2 Å². The molecule has 3 aromatic rings. The van der Waals surface area contributed by atoms with Crippen molar-refractivity contribution >= 4 is 33.5 Å². The highest BCUT2D eigenvalue weighted by molar-refractivity contribution is 6.35. The summed E-state index contributed by atoms with van der Waals surface area (Å²) in [5, 5.41) is 1.36. The summed E-state index contributed by atoms with van der Waals surface area (Å²) in [5.74, 6) is 0. The standard InChI is InChI=1S/C12H7ClO/c13-10-6-3-5-9-8-4-1-2-7-11(8)14-12(9)10/h1-7H/i1D,2D,4D,7D. The highest BCUT2D eigenvalue weighted by Gasteiger charge is 2.07. The minimum atomic E-state index is -0.303. The van der Waals surface area contributed by atoms with Crippen LogP contribution < -0.4 is 0 Å². The van der Waals surface area contributed by atoms with E-state index < -0.39 is 0 Å². The van der Waals surface area contributed by atoms with Crippen LogP contribution >= 0.6 is 11.6 Å². The molecule has 0 aliphatic carbocycles. The van der Waals surface area contributed by atoms with Crippen molar-refractivity contribution in [3.8, 4) is 0 Å². The molecule has 3 rings (SSSR count). The van der Waals surface area contributed by atoms with Gasteiger partial charge in [-0.2, -0.15) is 0 Å². The Bertz CT molecular complexity index is 794. The van der Waals surface area contributed by atoms with Crippen LogP contribution in [-0.2, 0) is 0 Å². The van der Waals surface area contributed by atoms with Crippen molar-refractivity contribution in [1.29, 1.82) is 0 Å². The van der Waals surface area contributed by atoms with E-state index >= 15 is 0 Å². The van der Waals surface area contributed by atoms with Gasteiger partial charge in [-0.25, -0.2) is 0 Å². The van der Waals surface area contributed by atoms with Crippen molar-refractivity contribution in [2.45, 2.75) is 0 Å². The molecule has 14 heavy (non-hydrogen) atoms. The first-order chi connectivity index (χ1) is 8.52. The van der Waals surface area contributed by atoms with Crippen molar-refractivity contribution in [2.24, 2.45) is 0 Å². The van der Waals surface area contributed by atoms with E-state index in [4.69, 9.17) is 21.5 Å². The zero-order valence-corrected chi connectivity index (χ0v) is 7.77. The number of hydrogen-bond donors (Lipinski definition) is 0. The number of fused-ring (bicyclic) bond motifs is 3. The molecule has 0 saturated heterocycles. The fourth-order valence-electron chi connectivity index (χ4n) is 1.48. The molecule has 0 unspecified atom stereocenters. The van der Waals surface area contributed by atoms with Crippen molar-refractivity contribution in [3.05, 3.63) is 47.4 Å². The van der Waals surface area contributed by atoms with Crippen LogP contribution in [0.15, 0.2) is 46.8 Å². The highest BCUT2D eigenvalue weighted by atomic mass is 35.5. The first kappa shape index (κ1) is 4.85. The number of hydrogen-bond acceptors (Lipinski definition) is 1. The Morgan fingerprint density at radius 1 is 1.14 bits per heavy atom. The van der Waals surface area contributed by atoms with Crippen LogP contribution in [0.4, 0.5) is 0 Å². The second kappa shape index (κ2) is 2.76. The lowest BCUT2D eigenvalue weighted by Gasteiger charge is -1.89. The summed E-state index contributed by atoms with van der Waals surface area (Å²) in [6, 6.07) is 4.25. The molecule has 0 bridgehead atoms. The monoisotopic (exact) mass is 206 g/mol. The van der Waals surface area contributed by atoms with E-state index in [0.717, 1.165) is 0 Å². The topological polar surface area (TPSA) is 13.1 Å². The number of halogens is 1. The van der Waals surface area contributed by atoms with Gasteiger partial charge in [0.05, 0.1) is 10.5 Å². The molecule has 0 saturated carbocycles. The average molecular weight is 207 g/mol. The normalized spacial score (nSPS) is 15.2.